The third-order valence-corrected chi connectivity index (χ3v) is 3.07. The van der Waals surface area contributed by atoms with E-state index in [4.69, 9.17) is 6.42 Å². The molecule has 2 heterocycles. The number of likely N-dealkylation sites (N-methyl/N-ethyl adjacent to an activating group) is 1. The van der Waals surface area contributed by atoms with Gasteiger partial charge in [0.05, 0.1) is 18.4 Å². The molecule has 1 amide bonds. The number of aromatic nitrogens is 2. The normalized spacial score (nSPS) is 19.6. The Bertz CT molecular complexity index is 472. The lowest BCUT2D eigenvalue weighted by Gasteiger charge is -2.12. The van der Waals surface area contributed by atoms with Crippen LogP contribution in [0.3, 0.4) is 0 Å². The van der Waals surface area contributed by atoms with Crippen molar-refractivity contribution >= 4 is 11.6 Å². The van der Waals surface area contributed by atoms with Gasteiger partial charge < -0.3 is 9.80 Å². The van der Waals surface area contributed by atoms with Crippen molar-refractivity contribution in [2.75, 3.05) is 32.1 Å². The van der Waals surface area contributed by atoms with Gasteiger partial charge >= 0.3 is 0 Å². The quantitative estimate of drug-likeness (QED) is 0.724. The molecule has 1 atom stereocenters. The molecular formula is C13H18N4O. The Kier molecular flexibility index (Phi) is 3.68. The third-order valence-electron chi connectivity index (χ3n) is 3.07. The monoisotopic (exact) mass is 246 g/mol. The van der Waals surface area contributed by atoms with Crippen LogP contribution < -0.4 is 4.90 Å². The van der Waals surface area contributed by atoms with Gasteiger partial charge in [0.2, 0.25) is 5.91 Å². The molecule has 1 saturated heterocycles. The zero-order chi connectivity index (χ0) is 13.1. The van der Waals surface area contributed by atoms with Crippen LogP contribution >= 0.6 is 0 Å². The minimum atomic E-state index is 0.0302. The lowest BCUT2D eigenvalue weighted by molar-refractivity contribution is -0.117. The second kappa shape index (κ2) is 5.23. The average molecular weight is 246 g/mol. The molecule has 2 rings (SSSR count). The first kappa shape index (κ1) is 12.7. The van der Waals surface area contributed by atoms with Crippen LogP contribution in [0.5, 0.6) is 0 Å². The summed E-state index contributed by atoms with van der Waals surface area (Å²) >= 11 is 0. The van der Waals surface area contributed by atoms with Crippen LogP contribution in [-0.4, -0.2) is 47.8 Å². The van der Waals surface area contributed by atoms with E-state index in [1.165, 1.54) is 0 Å². The van der Waals surface area contributed by atoms with Crippen LogP contribution in [0.15, 0.2) is 12.4 Å². The van der Waals surface area contributed by atoms with E-state index in [0.717, 1.165) is 18.8 Å². The largest absolute Gasteiger partial charge is 0.308 e. The van der Waals surface area contributed by atoms with E-state index in [2.05, 4.69) is 15.9 Å². The van der Waals surface area contributed by atoms with Crippen LogP contribution in [0, 0.1) is 18.3 Å². The van der Waals surface area contributed by atoms with Gasteiger partial charge in [-0.3, -0.25) is 9.48 Å². The molecule has 5 nitrogen and oxygen atoms in total. The first-order chi connectivity index (χ1) is 8.60. The van der Waals surface area contributed by atoms with Gasteiger partial charge in [-0.2, -0.15) is 5.10 Å². The number of nitrogens with zero attached hydrogens (tertiary/aromatic N) is 4. The molecule has 1 fully saturated rings. The van der Waals surface area contributed by atoms with Crippen molar-refractivity contribution in [2.24, 2.45) is 5.92 Å². The predicted molar refractivity (Wildman–Crippen MR) is 70.1 cm³/mol. The second-order valence-corrected chi connectivity index (χ2v) is 4.84. The average Bonchev–Trinajstić information content (AvgIpc) is 2.92. The molecule has 0 spiro atoms. The highest BCUT2D eigenvalue weighted by Gasteiger charge is 2.29. The van der Waals surface area contributed by atoms with E-state index in [0.29, 0.717) is 13.0 Å². The van der Waals surface area contributed by atoms with Crippen molar-refractivity contribution in [3.8, 4) is 12.3 Å². The second-order valence-electron chi connectivity index (χ2n) is 4.84. The fraction of sp³-hybridized carbons (Fsp3) is 0.538. The number of terminal acetylenes is 1. The van der Waals surface area contributed by atoms with Crippen LogP contribution in [0.2, 0.25) is 0 Å². The van der Waals surface area contributed by atoms with E-state index >= 15 is 0 Å². The summed E-state index contributed by atoms with van der Waals surface area (Å²) in [6, 6.07) is 0. The van der Waals surface area contributed by atoms with Gasteiger partial charge in [-0.1, -0.05) is 0 Å². The Morgan fingerprint density at radius 2 is 2.39 bits per heavy atom. The molecule has 0 radical (unpaired) electrons. The van der Waals surface area contributed by atoms with Crippen molar-refractivity contribution in [1.29, 1.82) is 0 Å². The maximum absolute atomic E-state index is 11.8. The van der Waals surface area contributed by atoms with Crippen molar-refractivity contribution in [3.05, 3.63) is 12.4 Å². The molecule has 1 aromatic rings. The SMILES string of the molecule is C#CC1CC(=O)N(c2cnn(CCN(C)C)c2)C1. The van der Waals surface area contributed by atoms with Crippen LogP contribution in [-0.2, 0) is 11.3 Å². The van der Waals surface area contributed by atoms with Gasteiger partial charge in [0.1, 0.15) is 0 Å². The van der Waals surface area contributed by atoms with Gasteiger partial charge in [0.25, 0.3) is 0 Å². The summed E-state index contributed by atoms with van der Waals surface area (Å²) in [7, 11) is 4.04. The Morgan fingerprint density at radius 3 is 3.00 bits per heavy atom. The van der Waals surface area contributed by atoms with Crippen molar-refractivity contribution in [1.82, 2.24) is 14.7 Å². The molecule has 1 aromatic heterocycles. The molecule has 1 unspecified atom stereocenters. The van der Waals surface area contributed by atoms with Gasteiger partial charge in [-0.25, -0.2) is 0 Å². The summed E-state index contributed by atoms with van der Waals surface area (Å²) in [5, 5.41) is 4.26. The fourth-order valence-electron chi connectivity index (χ4n) is 1.99. The molecule has 1 aliphatic rings. The minimum absolute atomic E-state index is 0.0302. The number of hydrogen-bond donors (Lipinski definition) is 0. The molecule has 1 aliphatic heterocycles. The van der Waals surface area contributed by atoms with E-state index in [-0.39, 0.29) is 11.8 Å². The van der Waals surface area contributed by atoms with Gasteiger partial charge in [0.15, 0.2) is 0 Å². The van der Waals surface area contributed by atoms with Crippen molar-refractivity contribution in [3.63, 3.8) is 0 Å². The maximum Gasteiger partial charge on any atom is 0.228 e. The summed E-state index contributed by atoms with van der Waals surface area (Å²) in [5.74, 6) is 2.76. The Hall–Kier alpha value is -1.80. The molecule has 0 aliphatic carbocycles. The molecule has 0 saturated carbocycles. The first-order valence-electron chi connectivity index (χ1n) is 6.04. The van der Waals surface area contributed by atoms with Gasteiger partial charge in [-0.05, 0) is 14.1 Å². The topological polar surface area (TPSA) is 41.4 Å². The summed E-state index contributed by atoms with van der Waals surface area (Å²) < 4.78 is 1.85. The highest BCUT2D eigenvalue weighted by Crippen LogP contribution is 2.23. The van der Waals surface area contributed by atoms with E-state index in [1.807, 2.05) is 25.0 Å². The summed E-state index contributed by atoms with van der Waals surface area (Å²) in [6.07, 6.45) is 9.44. The lowest BCUT2D eigenvalue weighted by atomic mass is 10.1. The first-order valence-corrected chi connectivity index (χ1v) is 6.04. The van der Waals surface area contributed by atoms with Gasteiger partial charge in [0, 0.05) is 31.6 Å². The third kappa shape index (κ3) is 2.71. The molecule has 0 aromatic carbocycles. The Labute approximate surface area is 107 Å². The number of carbonyl (C=O) groups is 1. The van der Waals surface area contributed by atoms with E-state index in [9.17, 15) is 4.79 Å². The van der Waals surface area contributed by atoms with Crippen molar-refractivity contribution < 1.29 is 4.79 Å². The minimum Gasteiger partial charge on any atom is -0.308 e. The highest BCUT2D eigenvalue weighted by molar-refractivity contribution is 5.95. The predicted octanol–water partition coefficient (Wildman–Crippen LogP) is 0.431. The molecule has 5 heteroatoms. The smallest absolute Gasteiger partial charge is 0.228 e. The van der Waals surface area contributed by atoms with Crippen LogP contribution in [0.4, 0.5) is 5.69 Å². The molecule has 0 N–H and O–H groups in total. The molecule has 96 valence electrons. The number of anilines is 1. The Morgan fingerprint density at radius 1 is 1.61 bits per heavy atom. The number of hydrogen-bond acceptors (Lipinski definition) is 3. The molecule has 18 heavy (non-hydrogen) atoms. The Balaban J connectivity index is 2.02. The standard InChI is InChI=1S/C13H18N4O/c1-4-11-7-13(18)17(9-11)12-8-14-16(10-12)6-5-15(2)3/h1,8,10-11H,5-7,9H2,2-3H3. The molecule has 0 bridgehead atoms. The number of rotatable bonds is 4. The van der Waals surface area contributed by atoms with Crippen LogP contribution in [0.1, 0.15) is 6.42 Å². The van der Waals surface area contributed by atoms with E-state index in [1.54, 1.807) is 11.1 Å². The zero-order valence-electron chi connectivity index (χ0n) is 10.8. The number of amides is 1. The summed E-state index contributed by atoms with van der Waals surface area (Å²) in [4.78, 5) is 15.6. The summed E-state index contributed by atoms with van der Waals surface area (Å²) in [5.41, 5.74) is 0.844. The zero-order valence-corrected chi connectivity index (χ0v) is 10.8. The lowest BCUT2D eigenvalue weighted by Crippen LogP contribution is -2.24. The number of carbonyl (C=O) groups excluding carboxylic acids is 1. The highest BCUT2D eigenvalue weighted by atomic mass is 16.2. The van der Waals surface area contributed by atoms with Gasteiger partial charge in [-0.15, -0.1) is 12.3 Å². The van der Waals surface area contributed by atoms with Crippen molar-refractivity contribution in [2.45, 2.75) is 13.0 Å². The fourth-order valence-corrected chi connectivity index (χ4v) is 1.99. The van der Waals surface area contributed by atoms with Crippen LogP contribution in [0.25, 0.3) is 0 Å². The molecular weight excluding hydrogens is 228 g/mol. The maximum atomic E-state index is 11.8. The summed E-state index contributed by atoms with van der Waals surface area (Å²) in [6.45, 7) is 2.34. The van der Waals surface area contributed by atoms with E-state index < -0.39 is 0 Å².